The topological polar surface area (TPSA) is 65.5 Å². The van der Waals surface area contributed by atoms with Crippen LogP contribution in [0.1, 0.15) is 30.9 Å². The molecule has 0 aromatic heterocycles. The first kappa shape index (κ1) is 22.0. The van der Waals surface area contributed by atoms with Crippen LogP contribution in [-0.2, 0) is 17.1 Å². The minimum Gasteiger partial charge on any atom is -0.357 e. The number of amides is 1. The Hall–Kier alpha value is -1.03. The molecular weight excluding hydrogens is 454 g/mol. The number of aliphatic imine (C=N–C) groups is 1. The van der Waals surface area contributed by atoms with Gasteiger partial charge in [-0.1, -0.05) is 6.07 Å². The molecule has 0 radical (unpaired) electrons. The van der Waals surface area contributed by atoms with Crippen molar-refractivity contribution in [1.29, 1.82) is 0 Å². The molecule has 0 aliphatic heterocycles. The Labute approximate surface area is 170 Å². The van der Waals surface area contributed by atoms with Crippen LogP contribution in [0.2, 0.25) is 0 Å². The van der Waals surface area contributed by atoms with E-state index in [0.717, 1.165) is 29.7 Å². The van der Waals surface area contributed by atoms with Crippen molar-refractivity contribution in [2.45, 2.75) is 38.1 Å². The Morgan fingerprint density at radius 2 is 2.08 bits per heavy atom. The number of guanidine groups is 1. The molecule has 2 rings (SSSR count). The number of hydrogen-bond donors (Lipinski definition) is 3. The van der Waals surface area contributed by atoms with Crippen LogP contribution >= 0.6 is 35.7 Å². The maximum atomic E-state index is 13.4. The fourth-order valence-corrected chi connectivity index (χ4v) is 2.79. The van der Waals surface area contributed by atoms with Gasteiger partial charge in [0.1, 0.15) is 5.82 Å². The molecule has 1 saturated carbocycles. The first-order valence-electron chi connectivity index (χ1n) is 8.20. The van der Waals surface area contributed by atoms with Gasteiger partial charge < -0.3 is 16.0 Å². The van der Waals surface area contributed by atoms with E-state index in [1.54, 1.807) is 23.9 Å². The molecule has 25 heavy (non-hydrogen) atoms. The summed E-state index contributed by atoms with van der Waals surface area (Å²) in [7, 11) is 0. The van der Waals surface area contributed by atoms with Crippen molar-refractivity contribution in [1.82, 2.24) is 16.0 Å². The van der Waals surface area contributed by atoms with Crippen molar-refractivity contribution in [2.24, 2.45) is 4.99 Å². The van der Waals surface area contributed by atoms with Crippen LogP contribution in [0.5, 0.6) is 0 Å². The Balaban J connectivity index is 0.00000312. The number of rotatable bonds is 8. The Kier molecular flexibility index (Phi) is 10.2. The fraction of sp³-hybridized carbons (Fsp3) is 0.529. The van der Waals surface area contributed by atoms with Gasteiger partial charge in [0.05, 0.1) is 13.1 Å². The van der Waals surface area contributed by atoms with E-state index in [1.807, 2.05) is 13.2 Å². The fourth-order valence-electron chi connectivity index (χ4n) is 2.21. The quantitative estimate of drug-likeness (QED) is 0.304. The summed E-state index contributed by atoms with van der Waals surface area (Å²) in [5.41, 5.74) is 1.94. The highest BCUT2D eigenvalue weighted by Gasteiger charge is 2.22. The SMILES string of the molecule is CCNC(=NCc1ccc(F)cc1CSC)NCC(=O)NC1CC1.I. The molecule has 0 heterocycles. The summed E-state index contributed by atoms with van der Waals surface area (Å²) in [5, 5.41) is 9.08. The van der Waals surface area contributed by atoms with Gasteiger partial charge in [0.15, 0.2) is 5.96 Å². The van der Waals surface area contributed by atoms with Gasteiger partial charge >= 0.3 is 0 Å². The third-order valence-electron chi connectivity index (χ3n) is 3.58. The Morgan fingerprint density at radius 3 is 2.72 bits per heavy atom. The van der Waals surface area contributed by atoms with Crippen LogP contribution in [0.4, 0.5) is 4.39 Å². The second kappa shape index (κ2) is 11.6. The zero-order valence-corrected chi connectivity index (χ0v) is 17.7. The highest BCUT2D eigenvalue weighted by molar-refractivity contribution is 14.0. The van der Waals surface area contributed by atoms with Gasteiger partial charge in [-0.05, 0) is 49.3 Å². The highest BCUT2D eigenvalue weighted by Crippen LogP contribution is 2.18. The van der Waals surface area contributed by atoms with Crippen LogP contribution in [0.15, 0.2) is 23.2 Å². The zero-order valence-electron chi connectivity index (χ0n) is 14.6. The lowest BCUT2D eigenvalue weighted by molar-refractivity contribution is -0.120. The van der Waals surface area contributed by atoms with Gasteiger partial charge in [0.2, 0.25) is 5.91 Å². The lowest BCUT2D eigenvalue weighted by Gasteiger charge is -2.12. The Morgan fingerprint density at radius 1 is 1.32 bits per heavy atom. The summed E-state index contributed by atoms with van der Waals surface area (Å²) in [4.78, 5) is 16.3. The summed E-state index contributed by atoms with van der Waals surface area (Å²) in [6, 6.07) is 5.14. The number of carbonyl (C=O) groups is 1. The van der Waals surface area contributed by atoms with Crippen LogP contribution < -0.4 is 16.0 Å². The largest absolute Gasteiger partial charge is 0.357 e. The standard InChI is InChI=1S/C17H25FN4OS.HI/c1-3-19-17(21-10-16(23)22-15-6-7-15)20-9-12-4-5-14(18)8-13(12)11-24-2;/h4-5,8,15H,3,6-7,9-11H2,1-2H3,(H,22,23)(H2,19,20,21);1H. The Bertz CT molecular complexity index is 596. The molecule has 0 unspecified atom stereocenters. The van der Waals surface area contributed by atoms with E-state index in [1.165, 1.54) is 6.07 Å². The number of carbonyl (C=O) groups excluding carboxylic acids is 1. The van der Waals surface area contributed by atoms with E-state index < -0.39 is 0 Å². The second-order valence-electron chi connectivity index (χ2n) is 5.74. The van der Waals surface area contributed by atoms with Crippen molar-refractivity contribution >= 4 is 47.6 Å². The van der Waals surface area contributed by atoms with Crippen molar-refractivity contribution in [3.8, 4) is 0 Å². The maximum Gasteiger partial charge on any atom is 0.239 e. The predicted molar refractivity (Wildman–Crippen MR) is 113 cm³/mol. The summed E-state index contributed by atoms with van der Waals surface area (Å²) < 4.78 is 13.4. The minimum atomic E-state index is -0.228. The predicted octanol–water partition coefficient (Wildman–Crippen LogP) is 2.64. The first-order valence-corrected chi connectivity index (χ1v) is 9.59. The van der Waals surface area contributed by atoms with Crippen LogP contribution in [-0.4, -0.2) is 37.3 Å². The smallest absolute Gasteiger partial charge is 0.239 e. The maximum absolute atomic E-state index is 13.4. The van der Waals surface area contributed by atoms with Gasteiger partial charge in [-0.2, -0.15) is 11.8 Å². The van der Waals surface area contributed by atoms with E-state index >= 15 is 0 Å². The summed E-state index contributed by atoms with van der Waals surface area (Å²) in [5.74, 6) is 1.08. The molecule has 0 bridgehead atoms. The average Bonchev–Trinajstić information content (AvgIpc) is 3.36. The van der Waals surface area contributed by atoms with E-state index in [-0.39, 0.29) is 42.2 Å². The molecule has 0 spiro atoms. The van der Waals surface area contributed by atoms with Gasteiger partial charge in [-0.3, -0.25) is 4.79 Å². The monoisotopic (exact) mass is 480 g/mol. The molecule has 5 nitrogen and oxygen atoms in total. The van der Waals surface area contributed by atoms with Crippen molar-refractivity contribution in [3.05, 3.63) is 35.1 Å². The normalized spacial score (nSPS) is 13.8. The van der Waals surface area contributed by atoms with Crippen LogP contribution in [0, 0.1) is 5.82 Å². The molecule has 3 N–H and O–H groups in total. The van der Waals surface area contributed by atoms with E-state index in [4.69, 9.17) is 0 Å². The van der Waals surface area contributed by atoms with Crippen molar-refractivity contribution < 1.29 is 9.18 Å². The lowest BCUT2D eigenvalue weighted by Crippen LogP contribution is -2.43. The molecule has 8 heteroatoms. The molecule has 1 aliphatic rings. The number of halogens is 2. The molecule has 0 saturated heterocycles. The highest BCUT2D eigenvalue weighted by atomic mass is 127. The lowest BCUT2D eigenvalue weighted by atomic mass is 10.1. The van der Waals surface area contributed by atoms with Crippen LogP contribution in [0.3, 0.4) is 0 Å². The number of nitrogens with zero attached hydrogens (tertiary/aromatic N) is 1. The number of benzene rings is 1. The molecular formula is C17H26FIN4OS. The summed E-state index contributed by atoms with van der Waals surface area (Å²) >= 11 is 1.65. The first-order chi connectivity index (χ1) is 11.6. The van der Waals surface area contributed by atoms with E-state index in [2.05, 4.69) is 20.9 Å². The number of hydrogen-bond acceptors (Lipinski definition) is 3. The number of thioether (sulfide) groups is 1. The second-order valence-corrected chi connectivity index (χ2v) is 6.60. The zero-order chi connectivity index (χ0) is 17.4. The van der Waals surface area contributed by atoms with Crippen LogP contribution in [0.25, 0.3) is 0 Å². The molecule has 140 valence electrons. The molecule has 1 aromatic carbocycles. The van der Waals surface area contributed by atoms with Crippen molar-refractivity contribution in [3.63, 3.8) is 0 Å². The summed E-state index contributed by atoms with van der Waals surface area (Å²) in [6.07, 6.45) is 4.13. The van der Waals surface area contributed by atoms with E-state index in [9.17, 15) is 9.18 Å². The molecule has 1 aromatic rings. The van der Waals surface area contributed by atoms with Crippen molar-refractivity contribution in [2.75, 3.05) is 19.3 Å². The molecule has 0 atom stereocenters. The minimum absolute atomic E-state index is 0. The molecule has 1 amide bonds. The van der Waals surface area contributed by atoms with E-state index in [0.29, 0.717) is 25.1 Å². The third kappa shape index (κ3) is 8.26. The van der Waals surface area contributed by atoms with Gasteiger partial charge in [-0.15, -0.1) is 24.0 Å². The average molecular weight is 480 g/mol. The third-order valence-corrected chi connectivity index (χ3v) is 4.18. The van der Waals surface area contributed by atoms with Gasteiger partial charge in [0.25, 0.3) is 0 Å². The molecule has 1 fully saturated rings. The van der Waals surface area contributed by atoms with Gasteiger partial charge in [-0.25, -0.2) is 9.38 Å². The molecule has 1 aliphatic carbocycles. The number of nitrogens with one attached hydrogen (secondary N) is 3. The summed E-state index contributed by atoms with van der Waals surface area (Å²) in [6.45, 7) is 3.31. The van der Waals surface area contributed by atoms with Gasteiger partial charge in [0, 0.05) is 18.3 Å².